The first-order chi connectivity index (χ1) is 6.72. The monoisotopic (exact) mass is 192 g/mol. The van der Waals surface area contributed by atoms with E-state index >= 15 is 0 Å². The lowest BCUT2D eigenvalue weighted by Gasteiger charge is -1.96. The van der Waals surface area contributed by atoms with Gasteiger partial charge in [0.1, 0.15) is 0 Å². The van der Waals surface area contributed by atoms with Gasteiger partial charge in [-0.1, -0.05) is 0 Å². The summed E-state index contributed by atoms with van der Waals surface area (Å²) in [6.45, 7) is 0.336. The van der Waals surface area contributed by atoms with Crippen molar-refractivity contribution in [3.8, 4) is 0 Å². The predicted octanol–water partition coefficient (Wildman–Crippen LogP) is -0.114. The number of aromatic carboxylic acids is 1. The quantitative estimate of drug-likeness (QED) is 0.692. The minimum Gasteiger partial charge on any atom is -0.478 e. The highest BCUT2D eigenvalue weighted by Gasteiger charge is 2.07. The standard InChI is InChI=1S/C8H8N4O2/c9-1-5-3-11-12-4-6(8(13)14)2-10-7(5)12/h2-4H,1,9H2,(H,13,14). The Balaban J connectivity index is 2.63. The van der Waals surface area contributed by atoms with E-state index < -0.39 is 5.97 Å². The van der Waals surface area contributed by atoms with E-state index in [1.54, 1.807) is 6.20 Å². The molecule has 0 saturated carbocycles. The third-order valence-electron chi connectivity index (χ3n) is 1.90. The van der Waals surface area contributed by atoms with Crippen LogP contribution in [0.15, 0.2) is 18.6 Å². The molecule has 0 aliphatic carbocycles. The predicted molar refractivity (Wildman–Crippen MR) is 47.8 cm³/mol. The van der Waals surface area contributed by atoms with Gasteiger partial charge in [0.15, 0.2) is 5.65 Å². The van der Waals surface area contributed by atoms with Crippen LogP contribution in [-0.2, 0) is 6.54 Å². The molecule has 2 heterocycles. The molecule has 2 aromatic heterocycles. The molecule has 14 heavy (non-hydrogen) atoms. The minimum absolute atomic E-state index is 0.101. The van der Waals surface area contributed by atoms with E-state index in [0.717, 1.165) is 5.56 Å². The van der Waals surface area contributed by atoms with Gasteiger partial charge in [-0.15, -0.1) is 0 Å². The van der Waals surface area contributed by atoms with Crippen LogP contribution >= 0.6 is 0 Å². The summed E-state index contributed by atoms with van der Waals surface area (Å²) in [7, 11) is 0. The molecule has 0 aliphatic rings. The van der Waals surface area contributed by atoms with E-state index in [9.17, 15) is 4.79 Å². The maximum absolute atomic E-state index is 10.6. The number of hydrogen-bond donors (Lipinski definition) is 2. The average molecular weight is 192 g/mol. The SMILES string of the molecule is NCc1cnn2cc(C(=O)O)cnc12. The molecule has 0 bridgehead atoms. The van der Waals surface area contributed by atoms with Gasteiger partial charge in [0.05, 0.1) is 11.8 Å². The Morgan fingerprint density at radius 2 is 2.36 bits per heavy atom. The zero-order chi connectivity index (χ0) is 10.1. The van der Waals surface area contributed by atoms with Crippen molar-refractivity contribution < 1.29 is 9.90 Å². The second-order valence-electron chi connectivity index (χ2n) is 2.79. The summed E-state index contributed by atoms with van der Waals surface area (Å²) in [5.41, 5.74) is 6.94. The van der Waals surface area contributed by atoms with Gasteiger partial charge in [-0.3, -0.25) is 0 Å². The molecule has 72 valence electrons. The number of hydrogen-bond acceptors (Lipinski definition) is 4. The number of rotatable bonds is 2. The third kappa shape index (κ3) is 1.21. The molecular weight excluding hydrogens is 184 g/mol. The van der Waals surface area contributed by atoms with Crippen LogP contribution in [0.1, 0.15) is 15.9 Å². The van der Waals surface area contributed by atoms with Crippen molar-refractivity contribution in [1.82, 2.24) is 14.6 Å². The minimum atomic E-state index is -1.02. The Bertz CT molecular complexity index is 491. The van der Waals surface area contributed by atoms with E-state index in [4.69, 9.17) is 10.8 Å². The van der Waals surface area contributed by atoms with E-state index in [2.05, 4.69) is 10.1 Å². The van der Waals surface area contributed by atoms with Crippen LogP contribution in [-0.4, -0.2) is 25.7 Å². The van der Waals surface area contributed by atoms with Gasteiger partial charge in [0, 0.05) is 24.5 Å². The normalized spacial score (nSPS) is 10.6. The van der Waals surface area contributed by atoms with Gasteiger partial charge < -0.3 is 10.8 Å². The van der Waals surface area contributed by atoms with Crippen molar-refractivity contribution in [2.75, 3.05) is 0 Å². The average Bonchev–Trinajstić information content (AvgIpc) is 2.59. The van der Waals surface area contributed by atoms with Gasteiger partial charge in [0.2, 0.25) is 0 Å². The second kappa shape index (κ2) is 3.08. The van der Waals surface area contributed by atoms with Crippen LogP contribution in [0.3, 0.4) is 0 Å². The maximum Gasteiger partial charge on any atom is 0.338 e. The fraction of sp³-hybridized carbons (Fsp3) is 0.125. The Hall–Kier alpha value is -1.95. The molecule has 0 amide bonds. The van der Waals surface area contributed by atoms with E-state index in [-0.39, 0.29) is 5.56 Å². The van der Waals surface area contributed by atoms with Gasteiger partial charge >= 0.3 is 5.97 Å². The van der Waals surface area contributed by atoms with Crippen molar-refractivity contribution in [2.24, 2.45) is 5.73 Å². The molecule has 3 N–H and O–H groups in total. The van der Waals surface area contributed by atoms with Crippen LogP contribution < -0.4 is 5.73 Å². The molecule has 0 aliphatic heterocycles. The van der Waals surface area contributed by atoms with Crippen molar-refractivity contribution >= 4 is 11.6 Å². The molecule has 0 atom stereocenters. The molecule has 0 saturated heterocycles. The zero-order valence-electron chi connectivity index (χ0n) is 7.21. The Kier molecular flexibility index (Phi) is 1.90. The molecular formula is C8H8N4O2. The molecule has 0 radical (unpaired) electrons. The van der Waals surface area contributed by atoms with Crippen LogP contribution in [0, 0.1) is 0 Å². The number of nitrogens with zero attached hydrogens (tertiary/aromatic N) is 3. The molecule has 2 aromatic rings. The van der Waals surface area contributed by atoms with E-state index in [1.807, 2.05) is 0 Å². The number of carboxylic acid groups (broad SMARTS) is 1. The van der Waals surface area contributed by atoms with Crippen molar-refractivity contribution in [1.29, 1.82) is 0 Å². The lowest BCUT2D eigenvalue weighted by atomic mass is 10.3. The Morgan fingerprint density at radius 1 is 1.57 bits per heavy atom. The lowest BCUT2D eigenvalue weighted by Crippen LogP contribution is -2.02. The van der Waals surface area contributed by atoms with Gasteiger partial charge in [-0.2, -0.15) is 5.10 Å². The Labute approximate surface area is 79.0 Å². The first-order valence-corrected chi connectivity index (χ1v) is 3.98. The number of carbonyl (C=O) groups is 1. The fourth-order valence-electron chi connectivity index (χ4n) is 1.18. The van der Waals surface area contributed by atoms with Gasteiger partial charge in [0.25, 0.3) is 0 Å². The third-order valence-corrected chi connectivity index (χ3v) is 1.90. The van der Waals surface area contributed by atoms with Crippen molar-refractivity contribution in [2.45, 2.75) is 6.54 Å². The van der Waals surface area contributed by atoms with Crippen LogP contribution in [0.4, 0.5) is 0 Å². The van der Waals surface area contributed by atoms with Gasteiger partial charge in [-0.05, 0) is 0 Å². The molecule has 6 heteroatoms. The highest BCUT2D eigenvalue weighted by molar-refractivity contribution is 5.87. The van der Waals surface area contributed by atoms with Crippen LogP contribution in [0.2, 0.25) is 0 Å². The summed E-state index contributed by atoms with van der Waals surface area (Å²) in [4.78, 5) is 14.6. The van der Waals surface area contributed by atoms with E-state index in [0.29, 0.717) is 12.2 Å². The molecule has 0 spiro atoms. The summed E-state index contributed by atoms with van der Waals surface area (Å²) in [5.74, 6) is -1.02. The highest BCUT2D eigenvalue weighted by atomic mass is 16.4. The molecule has 0 fully saturated rings. The number of carboxylic acids is 1. The number of aromatic nitrogens is 3. The molecule has 2 rings (SSSR count). The largest absolute Gasteiger partial charge is 0.478 e. The summed E-state index contributed by atoms with van der Waals surface area (Å²) >= 11 is 0. The highest BCUT2D eigenvalue weighted by Crippen LogP contribution is 2.07. The Morgan fingerprint density at radius 3 is 3.00 bits per heavy atom. The molecule has 0 aromatic carbocycles. The van der Waals surface area contributed by atoms with Gasteiger partial charge in [-0.25, -0.2) is 14.3 Å². The van der Waals surface area contributed by atoms with Crippen molar-refractivity contribution in [3.63, 3.8) is 0 Å². The summed E-state index contributed by atoms with van der Waals surface area (Å²) in [6.07, 6.45) is 4.27. The molecule has 0 unspecified atom stereocenters. The summed E-state index contributed by atoms with van der Waals surface area (Å²) < 4.78 is 1.41. The topological polar surface area (TPSA) is 93.5 Å². The smallest absolute Gasteiger partial charge is 0.338 e. The number of fused-ring (bicyclic) bond motifs is 1. The number of nitrogens with two attached hydrogens (primary N) is 1. The van der Waals surface area contributed by atoms with Crippen LogP contribution in [0.25, 0.3) is 5.65 Å². The van der Waals surface area contributed by atoms with Crippen LogP contribution in [0.5, 0.6) is 0 Å². The van der Waals surface area contributed by atoms with E-state index in [1.165, 1.54) is 16.9 Å². The second-order valence-corrected chi connectivity index (χ2v) is 2.79. The summed E-state index contributed by atoms with van der Waals surface area (Å²) in [5, 5.41) is 12.6. The summed E-state index contributed by atoms with van der Waals surface area (Å²) in [6, 6.07) is 0. The maximum atomic E-state index is 10.6. The first kappa shape index (κ1) is 8.64. The fourth-order valence-corrected chi connectivity index (χ4v) is 1.18. The van der Waals surface area contributed by atoms with Crippen molar-refractivity contribution in [3.05, 3.63) is 29.7 Å². The first-order valence-electron chi connectivity index (χ1n) is 3.98. The zero-order valence-corrected chi connectivity index (χ0v) is 7.21. The molecule has 6 nitrogen and oxygen atoms in total. The lowest BCUT2D eigenvalue weighted by molar-refractivity contribution is 0.0695.